The molecule has 1 unspecified atom stereocenters. The summed E-state index contributed by atoms with van der Waals surface area (Å²) in [6.45, 7) is 0.613. The van der Waals surface area contributed by atoms with E-state index in [-0.39, 0.29) is 17.7 Å². The molecule has 5 nitrogen and oxygen atoms in total. The highest BCUT2D eigenvalue weighted by Gasteiger charge is 2.38. The van der Waals surface area contributed by atoms with Crippen LogP contribution >= 0.6 is 0 Å². The number of aromatic nitrogens is 2. The molecule has 102 valence electrons. The summed E-state index contributed by atoms with van der Waals surface area (Å²) in [4.78, 5) is 29.0. The van der Waals surface area contributed by atoms with Crippen molar-refractivity contribution in [3.8, 4) is 0 Å². The minimum absolute atomic E-state index is 0.0223. The molecule has 0 spiro atoms. The van der Waals surface area contributed by atoms with E-state index in [1.807, 2.05) is 28.8 Å². The molecule has 1 aromatic heterocycles. The first-order chi connectivity index (χ1) is 9.74. The molecule has 1 amide bonds. The SMILES string of the molecule is O=C1CCn2c(nc3ccccc32)C1C(=O)NC1CC1. The smallest absolute Gasteiger partial charge is 0.238 e. The van der Waals surface area contributed by atoms with Gasteiger partial charge in [0.05, 0.1) is 11.0 Å². The van der Waals surface area contributed by atoms with Crippen LogP contribution in [0.2, 0.25) is 0 Å². The lowest BCUT2D eigenvalue weighted by atomic mass is 9.96. The van der Waals surface area contributed by atoms with Gasteiger partial charge in [-0.1, -0.05) is 12.1 Å². The predicted molar refractivity (Wildman–Crippen MR) is 73.3 cm³/mol. The van der Waals surface area contributed by atoms with Gasteiger partial charge >= 0.3 is 0 Å². The number of nitrogens with one attached hydrogen (secondary N) is 1. The number of hydrogen-bond acceptors (Lipinski definition) is 3. The lowest BCUT2D eigenvalue weighted by Gasteiger charge is -2.22. The molecule has 20 heavy (non-hydrogen) atoms. The molecule has 5 heteroatoms. The molecule has 1 aliphatic carbocycles. The van der Waals surface area contributed by atoms with Gasteiger partial charge in [0.2, 0.25) is 5.91 Å². The Hall–Kier alpha value is -2.17. The Bertz CT molecular complexity index is 715. The molecule has 1 N–H and O–H groups in total. The van der Waals surface area contributed by atoms with Crippen molar-refractivity contribution in [2.24, 2.45) is 0 Å². The van der Waals surface area contributed by atoms with E-state index >= 15 is 0 Å². The summed E-state index contributed by atoms with van der Waals surface area (Å²) in [5.41, 5.74) is 1.85. The van der Waals surface area contributed by atoms with Gasteiger partial charge in [-0.2, -0.15) is 0 Å². The molecule has 2 heterocycles. The molecule has 4 rings (SSSR count). The van der Waals surface area contributed by atoms with Gasteiger partial charge in [0, 0.05) is 19.0 Å². The van der Waals surface area contributed by atoms with Crippen molar-refractivity contribution < 1.29 is 9.59 Å². The maximum atomic E-state index is 12.3. The van der Waals surface area contributed by atoms with Crippen LogP contribution in [0.25, 0.3) is 11.0 Å². The average Bonchev–Trinajstić information content (AvgIpc) is 3.17. The van der Waals surface area contributed by atoms with Crippen LogP contribution in [-0.2, 0) is 16.1 Å². The van der Waals surface area contributed by atoms with Crippen LogP contribution in [0.3, 0.4) is 0 Å². The van der Waals surface area contributed by atoms with Crippen molar-refractivity contribution >= 4 is 22.7 Å². The maximum Gasteiger partial charge on any atom is 0.238 e. The highest BCUT2D eigenvalue weighted by molar-refractivity contribution is 6.07. The van der Waals surface area contributed by atoms with Crippen LogP contribution in [0.15, 0.2) is 24.3 Å². The Morgan fingerprint density at radius 3 is 2.90 bits per heavy atom. The van der Waals surface area contributed by atoms with E-state index in [1.165, 1.54) is 0 Å². The fourth-order valence-electron chi connectivity index (χ4n) is 2.84. The van der Waals surface area contributed by atoms with Crippen molar-refractivity contribution in [2.45, 2.75) is 37.8 Å². The highest BCUT2D eigenvalue weighted by Crippen LogP contribution is 2.29. The molecule has 0 saturated heterocycles. The summed E-state index contributed by atoms with van der Waals surface area (Å²) in [5.74, 6) is -0.350. The number of benzene rings is 1. The third-order valence-electron chi connectivity index (χ3n) is 4.03. The van der Waals surface area contributed by atoms with E-state index in [1.54, 1.807) is 0 Å². The first-order valence-electron chi connectivity index (χ1n) is 7.02. The maximum absolute atomic E-state index is 12.3. The van der Waals surface area contributed by atoms with E-state index in [0.717, 1.165) is 23.9 Å². The number of hydrogen-bond donors (Lipinski definition) is 1. The average molecular weight is 269 g/mol. The van der Waals surface area contributed by atoms with Gasteiger partial charge in [0.1, 0.15) is 5.82 Å². The number of ketones is 1. The summed E-state index contributed by atoms with van der Waals surface area (Å²) in [6.07, 6.45) is 2.43. The summed E-state index contributed by atoms with van der Waals surface area (Å²) in [5, 5.41) is 2.93. The minimum atomic E-state index is -0.739. The zero-order valence-corrected chi connectivity index (χ0v) is 11.0. The van der Waals surface area contributed by atoms with E-state index < -0.39 is 5.92 Å². The summed E-state index contributed by atoms with van der Waals surface area (Å²) >= 11 is 0. The van der Waals surface area contributed by atoms with Crippen molar-refractivity contribution in [1.82, 2.24) is 14.9 Å². The Balaban J connectivity index is 1.80. The second kappa shape index (κ2) is 4.16. The molecule has 2 aliphatic rings. The largest absolute Gasteiger partial charge is 0.352 e. The monoisotopic (exact) mass is 269 g/mol. The van der Waals surface area contributed by atoms with Crippen LogP contribution in [0.4, 0.5) is 0 Å². The normalized spacial score (nSPS) is 21.8. The highest BCUT2D eigenvalue weighted by atomic mass is 16.2. The quantitative estimate of drug-likeness (QED) is 0.837. The second-order valence-electron chi connectivity index (χ2n) is 5.54. The van der Waals surface area contributed by atoms with Gasteiger partial charge < -0.3 is 9.88 Å². The summed E-state index contributed by atoms with van der Waals surface area (Å²) in [7, 11) is 0. The number of fused-ring (bicyclic) bond motifs is 3. The van der Waals surface area contributed by atoms with E-state index in [9.17, 15) is 9.59 Å². The Morgan fingerprint density at radius 1 is 1.30 bits per heavy atom. The zero-order valence-electron chi connectivity index (χ0n) is 11.0. The van der Waals surface area contributed by atoms with Crippen LogP contribution in [0.1, 0.15) is 31.0 Å². The Labute approximate surface area is 116 Å². The topological polar surface area (TPSA) is 64.0 Å². The molecule has 0 bridgehead atoms. The van der Waals surface area contributed by atoms with Crippen molar-refractivity contribution in [2.75, 3.05) is 0 Å². The van der Waals surface area contributed by atoms with Crippen LogP contribution in [0, 0.1) is 0 Å². The number of imidazole rings is 1. The van der Waals surface area contributed by atoms with Crippen molar-refractivity contribution in [3.63, 3.8) is 0 Å². The number of para-hydroxylation sites is 2. The predicted octanol–water partition coefficient (Wildman–Crippen LogP) is 1.37. The Morgan fingerprint density at radius 2 is 2.10 bits per heavy atom. The van der Waals surface area contributed by atoms with Gasteiger partial charge in [-0.25, -0.2) is 4.98 Å². The number of aryl methyl sites for hydroxylation is 1. The number of amides is 1. The molecule has 1 aliphatic heterocycles. The molecule has 1 aromatic carbocycles. The van der Waals surface area contributed by atoms with Crippen LogP contribution in [0.5, 0.6) is 0 Å². The lowest BCUT2D eigenvalue weighted by Crippen LogP contribution is -2.39. The lowest BCUT2D eigenvalue weighted by molar-refractivity contribution is -0.131. The number of Topliss-reactive ketones (excluding diaryl/α,β-unsaturated/α-hetero) is 1. The van der Waals surface area contributed by atoms with Crippen LogP contribution < -0.4 is 5.32 Å². The van der Waals surface area contributed by atoms with Gasteiger partial charge in [0.15, 0.2) is 11.7 Å². The third kappa shape index (κ3) is 1.73. The molecule has 1 atom stereocenters. The van der Waals surface area contributed by atoms with Gasteiger partial charge in [-0.15, -0.1) is 0 Å². The first kappa shape index (κ1) is 11.6. The summed E-state index contributed by atoms with van der Waals surface area (Å²) < 4.78 is 2.01. The van der Waals surface area contributed by atoms with Gasteiger partial charge in [0.25, 0.3) is 0 Å². The first-order valence-corrected chi connectivity index (χ1v) is 7.02. The summed E-state index contributed by atoms with van der Waals surface area (Å²) in [6, 6.07) is 8.03. The number of nitrogens with zero attached hydrogens (tertiary/aromatic N) is 2. The zero-order chi connectivity index (χ0) is 13.7. The molecule has 1 fully saturated rings. The van der Waals surface area contributed by atoms with Gasteiger partial charge in [-0.3, -0.25) is 9.59 Å². The van der Waals surface area contributed by atoms with Crippen molar-refractivity contribution in [1.29, 1.82) is 0 Å². The van der Waals surface area contributed by atoms with Gasteiger partial charge in [-0.05, 0) is 25.0 Å². The Kier molecular flexibility index (Phi) is 2.42. The fourth-order valence-corrected chi connectivity index (χ4v) is 2.84. The van der Waals surface area contributed by atoms with E-state index in [0.29, 0.717) is 18.8 Å². The standard InChI is InChI=1S/C15H15N3O2/c19-12-7-8-18-11-4-2-1-3-10(11)17-14(18)13(12)15(20)16-9-5-6-9/h1-4,9,13H,5-8H2,(H,16,20). The minimum Gasteiger partial charge on any atom is -0.352 e. The van der Waals surface area contributed by atoms with Crippen molar-refractivity contribution in [3.05, 3.63) is 30.1 Å². The molecule has 1 saturated carbocycles. The number of carbonyl (C=O) groups excluding carboxylic acids is 2. The molecule has 0 radical (unpaired) electrons. The fraction of sp³-hybridized carbons (Fsp3) is 0.400. The number of rotatable bonds is 2. The molecular formula is C15H15N3O2. The number of carbonyl (C=O) groups is 2. The van der Waals surface area contributed by atoms with E-state index in [4.69, 9.17) is 0 Å². The second-order valence-corrected chi connectivity index (χ2v) is 5.54. The third-order valence-corrected chi connectivity index (χ3v) is 4.03. The molecular weight excluding hydrogens is 254 g/mol. The van der Waals surface area contributed by atoms with E-state index in [2.05, 4.69) is 10.3 Å². The molecule has 2 aromatic rings. The van der Waals surface area contributed by atoms with Crippen LogP contribution in [-0.4, -0.2) is 27.3 Å².